The Hall–Kier alpha value is -2.00. The van der Waals surface area contributed by atoms with Crippen LogP contribution in [0.2, 0.25) is 0 Å². The van der Waals surface area contributed by atoms with Gasteiger partial charge in [-0.15, -0.1) is 5.92 Å². The average Bonchev–Trinajstić information content (AvgIpc) is 2.30. The lowest BCUT2D eigenvalue weighted by atomic mass is 10.0. The summed E-state index contributed by atoms with van der Waals surface area (Å²) in [5.41, 5.74) is 4.83. The summed E-state index contributed by atoms with van der Waals surface area (Å²) >= 11 is 0. The van der Waals surface area contributed by atoms with E-state index in [9.17, 15) is 0 Å². The third-order valence-corrected chi connectivity index (χ3v) is 2.48. The predicted molar refractivity (Wildman–Crippen MR) is 75.9 cm³/mol. The minimum atomic E-state index is 0. The molecule has 0 nitrogen and oxygen atoms in total. The Kier molecular flexibility index (Phi) is 4.55. The molecule has 0 unspecified atom stereocenters. The second-order valence-electron chi connectivity index (χ2n) is 3.83. The molecule has 0 bridgehead atoms. The molecular weight excluding hydrogens is 204 g/mol. The molecule has 0 fully saturated rings. The van der Waals surface area contributed by atoms with Gasteiger partial charge in [-0.2, -0.15) is 0 Å². The van der Waals surface area contributed by atoms with Crippen molar-refractivity contribution in [2.75, 3.05) is 0 Å². The molecule has 0 spiro atoms. The Labute approximate surface area is 104 Å². The van der Waals surface area contributed by atoms with Crippen LogP contribution in [0.25, 0.3) is 11.1 Å². The largest absolute Gasteiger partial charge is 0.101 e. The highest BCUT2D eigenvalue weighted by Gasteiger charge is 1.97. The maximum atomic E-state index is 3.08. The Morgan fingerprint density at radius 3 is 2.18 bits per heavy atom. The summed E-state index contributed by atoms with van der Waals surface area (Å²) in [6.45, 7) is 3.97. The first-order chi connectivity index (χ1) is 7.79. The lowest BCUT2D eigenvalue weighted by Crippen LogP contribution is -1.81. The van der Waals surface area contributed by atoms with E-state index in [1.165, 1.54) is 16.7 Å². The summed E-state index contributed by atoms with van der Waals surface area (Å²) in [6, 6.07) is 16.9. The zero-order chi connectivity index (χ0) is 11.4. The van der Waals surface area contributed by atoms with Crippen LogP contribution in [0.4, 0.5) is 0 Å². The summed E-state index contributed by atoms with van der Waals surface area (Å²) in [4.78, 5) is 0. The monoisotopic (exact) mass is 222 g/mol. The molecule has 0 atom stereocenters. The van der Waals surface area contributed by atoms with E-state index in [1.807, 2.05) is 13.0 Å². The van der Waals surface area contributed by atoms with Crippen molar-refractivity contribution in [3.05, 3.63) is 59.7 Å². The van der Waals surface area contributed by atoms with E-state index < -0.39 is 0 Å². The molecule has 0 radical (unpaired) electrons. The summed E-state index contributed by atoms with van der Waals surface area (Å²) in [7, 11) is 0. The van der Waals surface area contributed by atoms with Crippen molar-refractivity contribution in [3.63, 3.8) is 0 Å². The number of hydrogen-bond donors (Lipinski definition) is 0. The second-order valence-corrected chi connectivity index (χ2v) is 3.83. The van der Waals surface area contributed by atoms with Gasteiger partial charge >= 0.3 is 0 Å². The topological polar surface area (TPSA) is 0 Å². The highest BCUT2D eigenvalue weighted by Crippen LogP contribution is 2.21. The molecule has 2 rings (SSSR count). The fraction of sp³-hybridized carbons (Fsp3) is 0.176. The van der Waals surface area contributed by atoms with Gasteiger partial charge in [-0.3, -0.25) is 0 Å². The first-order valence-corrected chi connectivity index (χ1v) is 5.39. The molecule has 0 heterocycles. The Balaban J connectivity index is 0.00000144. The van der Waals surface area contributed by atoms with E-state index in [0.29, 0.717) is 0 Å². The lowest BCUT2D eigenvalue weighted by molar-refractivity contribution is 1.46. The van der Waals surface area contributed by atoms with Gasteiger partial charge in [0.15, 0.2) is 0 Å². The minimum Gasteiger partial charge on any atom is -0.101 e. The summed E-state index contributed by atoms with van der Waals surface area (Å²) in [5, 5.41) is 0. The highest BCUT2D eigenvalue weighted by atomic mass is 14.0. The number of rotatable bonds is 1. The van der Waals surface area contributed by atoms with E-state index >= 15 is 0 Å². The molecular formula is C17H18. The summed E-state index contributed by atoms with van der Waals surface area (Å²) < 4.78 is 0. The number of hydrogen-bond acceptors (Lipinski definition) is 0. The van der Waals surface area contributed by atoms with Crippen molar-refractivity contribution in [1.82, 2.24) is 0 Å². The van der Waals surface area contributed by atoms with E-state index in [-0.39, 0.29) is 7.43 Å². The van der Waals surface area contributed by atoms with Gasteiger partial charge in [-0.05, 0) is 37.1 Å². The third kappa shape index (κ3) is 3.23. The maximum absolute atomic E-state index is 3.08. The second kappa shape index (κ2) is 5.92. The predicted octanol–water partition coefficient (Wildman–Crippen LogP) is 4.67. The Morgan fingerprint density at radius 1 is 0.882 bits per heavy atom. The molecule has 0 aliphatic rings. The van der Waals surface area contributed by atoms with Crippen LogP contribution in [0.15, 0.2) is 48.5 Å². The smallest absolute Gasteiger partial charge is 0.0251 e. The van der Waals surface area contributed by atoms with Gasteiger partial charge in [0, 0.05) is 5.56 Å². The molecule has 0 aromatic heterocycles. The third-order valence-electron chi connectivity index (χ3n) is 2.48. The molecule has 0 aliphatic heterocycles. The van der Waals surface area contributed by atoms with Gasteiger partial charge in [0.2, 0.25) is 0 Å². The fourth-order valence-corrected chi connectivity index (χ4v) is 1.75. The van der Waals surface area contributed by atoms with Crippen LogP contribution in [0.1, 0.15) is 25.5 Å². The van der Waals surface area contributed by atoms with Gasteiger partial charge in [-0.1, -0.05) is 55.3 Å². The van der Waals surface area contributed by atoms with Crippen molar-refractivity contribution in [3.8, 4) is 23.0 Å². The number of benzene rings is 2. The maximum Gasteiger partial charge on any atom is 0.0251 e. The van der Waals surface area contributed by atoms with Crippen molar-refractivity contribution >= 4 is 0 Å². The van der Waals surface area contributed by atoms with Gasteiger partial charge in [-0.25, -0.2) is 0 Å². The molecule has 2 aromatic rings. The van der Waals surface area contributed by atoms with Crippen LogP contribution in [-0.2, 0) is 0 Å². The van der Waals surface area contributed by atoms with Crippen molar-refractivity contribution in [2.45, 2.75) is 21.3 Å². The van der Waals surface area contributed by atoms with Crippen LogP contribution in [0.3, 0.4) is 0 Å². The summed E-state index contributed by atoms with van der Waals surface area (Å²) in [6.07, 6.45) is 0. The minimum absolute atomic E-state index is 0. The fourth-order valence-electron chi connectivity index (χ4n) is 1.75. The Morgan fingerprint density at radius 2 is 1.53 bits per heavy atom. The van der Waals surface area contributed by atoms with Crippen LogP contribution in [0, 0.1) is 18.8 Å². The van der Waals surface area contributed by atoms with Crippen LogP contribution in [0.5, 0.6) is 0 Å². The van der Waals surface area contributed by atoms with Crippen molar-refractivity contribution < 1.29 is 0 Å². The highest BCUT2D eigenvalue weighted by molar-refractivity contribution is 5.66. The normalized spacial score (nSPS) is 8.82. The van der Waals surface area contributed by atoms with Gasteiger partial charge in [0.25, 0.3) is 0 Å². The van der Waals surface area contributed by atoms with Gasteiger partial charge in [0.1, 0.15) is 0 Å². The molecule has 86 valence electrons. The SMILES string of the molecule is C.CC#Cc1cccc(-c2cccc(C)c2)c1. The molecule has 17 heavy (non-hydrogen) atoms. The van der Waals surface area contributed by atoms with Gasteiger partial charge < -0.3 is 0 Å². The molecule has 0 saturated heterocycles. The van der Waals surface area contributed by atoms with Crippen LogP contribution in [-0.4, -0.2) is 0 Å². The van der Waals surface area contributed by atoms with Crippen LogP contribution >= 0.6 is 0 Å². The average molecular weight is 222 g/mol. The number of aryl methyl sites for hydroxylation is 1. The zero-order valence-corrected chi connectivity index (χ0v) is 9.62. The van der Waals surface area contributed by atoms with Crippen molar-refractivity contribution in [1.29, 1.82) is 0 Å². The zero-order valence-electron chi connectivity index (χ0n) is 9.62. The van der Waals surface area contributed by atoms with E-state index in [1.54, 1.807) is 0 Å². The van der Waals surface area contributed by atoms with E-state index in [4.69, 9.17) is 0 Å². The first-order valence-electron chi connectivity index (χ1n) is 5.39. The van der Waals surface area contributed by atoms with Crippen LogP contribution < -0.4 is 0 Å². The molecule has 0 saturated carbocycles. The molecule has 0 aliphatic carbocycles. The summed E-state index contributed by atoms with van der Waals surface area (Å²) in [5.74, 6) is 6.01. The van der Waals surface area contributed by atoms with Crippen molar-refractivity contribution in [2.24, 2.45) is 0 Å². The standard InChI is InChI=1S/C16H14.CH4/c1-3-6-14-8-5-10-16(12-14)15-9-4-7-13(2)11-15;/h4-5,7-12H,1-2H3;1H4. The van der Waals surface area contributed by atoms with Gasteiger partial charge in [0.05, 0.1) is 0 Å². The lowest BCUT2D eigenvalue weighted by Gasteiger charge is -2.03. The Bertz CT molecular complexity index is 553. The first kappa shape index (κ1) is 13.1. The quantitative estimate of drug-likeness (QED) is 0.615. The van der Waals surface area contributed by atoms with E-state index in [0.717, 1.165) is 5.56 Å². The molecule has 0 amide bonds. The molecule has 0 N–H and O–H groups in total. The van der Waals surface area contributed by atoms with E-state index in [2.05, 4.69) is 61.2 Å². The molecule has 2 aromatic carbocycles. The molecule has 0 heteroatoms.